The number of benzene rings is 2. The number of fused-ring (bicyclic) bond motifs is 1. The summed E-state index contributed by atoms with van der Waals surface area (Å²) in [7, 11) is 1.68. The van der Waals surface area contributed by atoms with Crippen molar-refractivity contribution < 1.29 is 19.0 Å². The van der Waals surface area contributed by atoms with Gasteiger partial charge in [0.1, 0.15) is 5.82 Å². The average Bonchev–Trinajstić information content (AvgIpc) is 3.26. The summed E-state index contributed by atoms with van der Waals surface area (Å²) in [6.45, 7) is 4.69. The third-order valence-electron chi connectivity index (χ3n) is 8.20. The van der Waals surface area contributed by atoms with Gasteiger partial charge in [-0.3, -0.25) is 4.79 Å². The third kappa shape index (κ3) is 6.44. The summed E-state index contributed by atoms with van der Waals surface area (Å²) < 4.78 is 22.4. The van der Waals surface area contributed by atoms with Gasteiger partial charge in [-0.25, -0.2) is 9.37 Å². The van der Waals surface area contributed by atoms with Gasteiger partial charge in [0.2, 0.25) is 11.8 Å². The molecule has 3 heterocycles. The second-order valence-electron chi connectivity index (χ2n) is 11.1. The Kier molecular flexibility index (Phi) is 9.00. The molecule has 0 bridgehead atoms. The van der Waals surface area contributed by atoms with Crippen LogP contribution >= 0.6 is 0 Å². The van der Waals surface area contributed by atoms with Crippen molar-refractivity contribution in [2.75, 3.05) is 26.8 Å². The Morgan fingerprint density at radius 1 is 1.17 bits per heavy atom. The fourth-order valence-electron chi connectivity index (χ4n) is 6.22. The first kappa shape index (κ1) is 28.8. The minimum Gasteiger partial charge on any atom is -0.493 e. The van der Waals surface area contributed by atoms with Gasteiger partial charge in [-0.2, -0.15) is 0 Å². The van der Waals surface area contributed by atoms with Gasteiger partial charge in [0.25, 0.3) is 0 Å². The van der Waals surface area contributed by atoms with Crippen molar-refractivity contribution in [3.63, 3.8) is 0 Å². The van der Waals surface area contributed by atoms with Crippen molar-refractivity contribution in [3.05, 3.63) is 83.4 Å². The van der Waals surface area contributed by atoms with E-state index in [0.717, 1.165) is 52.6 Å². The number of aryl methyl sites for hydroxylation is 2. The lowest BCUT2D eigenvalue weighted by molar-refractivity contribution is -0.132. The van der Waals surface area contributed by atoms with Crippen molar-refractivity contribution in [1.82, 2.24) is 14.5 Å². The second-order valence-corrected chi connectivity index (χ2v) is 11.1. The molecule has 1 fully saturated rings. The van der Waals surface area contributed by atoms with Gasteiger partial charge in [-0.1, -0.05) is 36.4 Å². The first-order chi connectivity index (χ1) is 19.9. The number of pyridine rings is 1. The lowest BCUT2D eigenvalue weighted by Crippen LogP contribution is -2.42. The maximum atomic E-state index is 15.0. The number of halogens is 1. The summed E-state index contributed by atoms with van der Waals surface area (Å²) in [5.74, 6) is -0.00801. The molecule has 1 saturated heterocycles. The minimum absolute atomic E-state index is 0.00506. The number of piperidine rings is 1. The van der Waals surface area contributed by atoms with Crippen LogP contribution in [0.2, 0.25) is 0 Å². The molecule has 7 nitrogen and oxygen atoms in total. The van der Waals surface area contributed by atoms with Crippen LogP contribution in [0.1, 0.15) is 48.4 Å². The Morgan fingerprint density at radius 2 is 1.95 bits per heavy atom. The Balaban J connectivity index is 1.25. The molecule has 1 amide bonds. The van der Waals surface area contributed by atoms with E-state index in [1.54, 1.807) is 25.4 Å². The number of nitrogens with two attached hydrogens (primary N) is 1. The molecule has 1 unspecified atom stereocenters. The first-order valence-electron chi connectivity index (χ1n) is 14.4. The average molecular weight is 559 g/mol. The van der Waals surface area contributed by atoms with Crippen LogP contribution in [-0.4, -0.2) is 58.3 Å². The lowest BCUT2D eigenvalue weighted by atomic mass is 9.91. The predicted molar refractivity (Wildman–Crippen MR) is 159 cm³/mol. The second kappa shape index (κ2) is 12.8. The largest absolute Gasteiger partial charge is 0.493 e. The number of nitrogens with zero attached hydrogens (tertiary/aromatic N) is 3. The van der Waals surface area contributed by atoms with Crippen LogP contribution in [0.3, 0.4) is 0 Å². The normalized spacial score (nSPS) is 16.3. The molecule has 5 rings (SSSR count). The van der Waals surface area contributed by atoms with E-state index in [-0.39, 0.29) is 36.0 Å². The van der Waals surface area contributed by atoms with Gasteiger partial charge in [-0.15, -0.1) is 0 Å². The Labute approximate surface area is 240 Å². The maximum Gasteiger partial charge on any atom is 0.224 e. The first-order valence-corrected chi connectivity index (χ1v) is 14.4. The number of para-hydroxylation sites is 1. The van der Waals surface area contributed by atoms with E-state index in [1.165, 1.54) is 6.07 Å². The van der Waals surface area contributed by atoms with Crippen LogP contribution in [0.5, 0.6) is 5.88 Å². The molecule has 2 aromatic heterocycles. The Hall–Kier alpha value is -3.75. The van der Waals surface area contributed by atoms with E-state index in [9.17, 15) is 9.90 Å². The number of hydrogen-bond acceptors (Lipinski definition) is 5. The third-order valence-corrected chi connectivity index (χ3v) is 8.20. The molecule has 1 aliphatic heterocycles. The van der Waals surface area contributed by atoms with Crippen LogP contribution in [0, 0.1) is 12.7 Å². The number of rotatable bonds is 10. The molecule has 1 aliphatic rings. The minimum atomic E-state index is -0.291. The monoisotopic (exact) mass is 558 g/mol. The van der Waals surface area contributed by atoms with Crippen molar-refractivity contribution in [2.24, 2.45) is 5.73 Å². The van der Waals surface area contributed by atoms with Crippen molar-refractivity contribution in [1.29, 1.82) is 0 Å². The summed E-state index contributed by atoms with van der Waals surface area (Å²) in [5, 5.41) is 10.4. The molecule has 2 atom stereocenters. The number of hydrogen-bond donors (Lipinski definition) is 2. The molecule has 8 heteroatoms. The number of carbonyl (C=O) groups excluding carboxylic acids is 1. The van der Waals surface area contributed by atoms with E-state index in [0.29, 0.717) is 38.2 Å². The van der Waals surface area contributed by atoms with Crippen molar-refractivity contribution in [3.8, 4) is 17.0 Å². The van der Waals surface area contributed by atoms with Crippen LogP contribution < -0.4 is 5.73 Å². The molecule has 0 saturated carbocycles. The van der Waals surface area contributed by atoms with E-state index in [1.807, 2.05) is 41.3 Å². The van der Waals surface area contributed by atoms with Crippen molar-refractivity contribution in [2.45, 2.75) is 57.5 Å². The van der Waals surface area contributed by atoms with E-state index >= 15 is 4.39 Å². The zero-order chi connectivity index (χ0) is 28.9. The molecule has 41 heavy (non-hydrogen) atoms. The van der Waals surface area contributed by atoms with Gasteiger partial charge < -0.3 is 25.0 Å². The van der Waals surface area contributed by atoms with Crippen LogP contribution in [0.25, 0.3) is 22.0 Å². The molecule has 2 aromatic carbocycles. The fraction of sp³-hybridized carbons (Fsp3) is 0.394. The molecule has 3 N–H and O–H groups in total. The Morgan fingerprint density at radius 3 is 2.68 bits per heavy atom. The quantitative estimate of drug-likeness (QED) is 0.249. The highest BCUT2D eigenvalue weighted by Crippen LogP contribution is 2.37. The number of aromatic nitrogens is 2. The number of amides is 1. The highest BCUT2D eigenvalue weighted by Gasteiger charge is 2.30. The smallest absolute Gasteiger partial charge is 0.224 e. The molecule has 0 aliphatic carbocycles. The van der Waals surface area contributed by atoms with E-state index in [4.69, 9.17) is 10.5 Å². The van der Waals surface area contributed by atoms with E-state index < -0.39 is 0 Å². The van der Waals surface area contributed by atoms with Crippen molar-refractivity contribution >= 4 is 16.8 Å². The van der Waals surface area contributed by atoms with Crippen LogP contribution in [0.4, 0.5) is 4.39 Å². The van der Waals surface area contributed by atoms with Gasteiger partial charge >= 0.3 is 0 Å². The summed E-state index contributed by atoms with van der Waals surface area (Å²) in [4.78, 5) is 19.3. The molecular formula is C33H39FN4O3. The Bertz CT molecular complexity index is 1480. The van der Waals surface area contributed by atoms with Crippen LogP contribution in [-0.2, 0) is 22.5 Å². The molecular weight excluding hydrogens is 519 g/mol. The fourth-order valence-corrected chi connectivity index (χ4v) is 6.22. The summed E-state index contributed by atoms with van der Waals surface area (Å²) in [6.07, 6.45) is 5.17. The van der Waals surface area contributed by atoms with Gasteiger partial charge in [0.15, 0.2) is 0 Å². The summed E-state index contributed by atoms with van der Waals surface area (Å²) >= 11 is 0. The lowest BCUT2D eigenvalue weighted by Gasteiger charge is -2.34. The standard InChI is InChI=1S/C33H39FN4O3/c1-22-28-7-3-8-29(34)33(28)38(16-5-17-41-2)32(22)26-6-4-15-37(21-26)31(40)19-27(35)18-23-9-11-24(12-10-23)25-13-14-30(39)36-20-25/h3,7-14,20,26-27H,4-6,15-19,21,35H2,1-2H3,(H,36,39)/t26?,27-/m1/s1. The molecule has 0 spiro atoms. The zero-order valence-corrected chi connectivity index (χ0v) is 23.9. The molecule has 0 radical (unpaired) electrons. The zero-order valence-electron chi connectivity index (χ0n) is 23.9. The highest BCUT2D eigenvalue weighted by atomic mass is 19.1. The number of aromatic hydroxyl groups is 1. The summed E-state index contributed by atoms with van der Waals surface area (Å²) in [6, 6.07) is 16.4. The molecule has 216 valence electrons. The van der Waals surface area contributed by atoms with Gasteiger partial charge in [0, 0.05) is 80.6 Å². The maximum absolute atomic E-state index is 15.0. The topological polar surface area (TPSA) is 93.6 Å². The number of methoxy groups -OCH3 is 1. The van der Waals surface area contributed by atoms with Gasteiger partial charge in [0.05, 0.1) is 5.52 Å². The number of likely N-dealkylation sites (tertiary alicyclic amines) is 1. The number of ether oxygens (including phenoxy) is 1. The van der Waals surface area contributed by atoms with E-state index in [2.05, 4.69) is 16.5 Å². The highest BCUT2D eigenvalue weighted by molar-refractivity contribution is 5.86. The summed E-state index contributed by atoms with van der Waals surface area (Å²) in [5.41, 5.74) is 12.3. The molecule has 4 aromatic rings. The van der Waals surface area contributed by atoms with Crippen LogP contribution in [0.15, 0.2) is 60.8 Å². The van der Waals surface area contributed by atoms with Gasteiger partial charge in [-0.05, 0) is 61.4 Å². The SMILES string of the molecule is COCCCn1c(C2CCCN(C(=O)C[C@H](N)Cc3ccc(-c4ccc(O)nc4)cc3)C2)c(C)c2cccc(F)c21. The predicted octanol–water partition coefficient (Wildman–Crippen LogP) is 5.56. The number of carbonyl (C=O) groups is 1.